The lowest BCUT2D eigenvalue weighted by Crippen LogP contribution is -2.32. The molecule has 0 saturated heterocycles. The third-order valence-corrected chi connectivity index (χ3v) is 7.49. The Labute approximate surface area is 200 Å². The van der Waals surface area contributed by atoms with Crippen LogP contribution >= 0.6 is 0 Å². The minimum atomic E-state index is -3.74. The molecule has 0 aliphatic rings. The van der Waals surface area contributed by atoms with Gasteiger partial charge in [-0.1, -0.05) is 38.5 Å². The molecule has 0 bridgehead atoms. The second kappa shape index (κ2) is 11.3. The zero-order chi connectivity index (χ0) is 24.7. The summed E-state index contributed by atoms with van der Waals surface area (Å²) in [7, 11) is -3.74. The number of benzene rings is 2. The van der Waals surface area contributed by atoms with E-state index in [1.807, 2.05) is 38.1 Å². The van der Waals surface area contributed by atoms with E-state index in [-0.39, 0.29) is 17.0 Å². The summed E-state index contributed by atoms with van der Waals surface area (Å²) in [6.07, 6.45) is 1.63. The number of H-pyrrole nitrogens is 1. The van der Waals surface area contributed by atoms with Crippen LogP contribution in [-0.2, 0) is 16.6 Å². The molecule has 1 heterocycles. The van der Waals surface area contributed by atoms with E-state index in [4.69, 9.17) is 4.74 Å². The summed E-state index contributed by atoms with van der Waals surface area (Å²) in [6, 6.07) is 13.0. The number of aromatic amines is 1. The van der Waals surface area contributed by atoms with Gasteiger partial charge in [0, 0.05) is 42.2 Å². The van der Waals surface area contributed by atoms with Crippen LogP contribution in [-0.4, -0.2) is 43.3 Å². The average Bonchev–Trinajstić information content (AvgIpc) is 2.83. The number of amides is 1. The number of aromatic nitrogens is 1. The van der Waals surface area contributed by atoms with Gasteiger partial charge in [-0.05, 0) is 37.6 Å². The Morgan fingerprint density at radius 3 is 2.56 bits per heavy atom. The molecule has 0 spiro atoms. The fraction of sp³-hybridized carbons (Fsp3) is 0.360. The number of ether oxygens (including phenoxy) is 1. The lowest BCUT2D eigenvalue weighted by Gasteiger charge is -2.20. The van der Waals surface area contributed by atoms with Gasteiger partial charge < -0.3 is 15.0 Å². The Morgan fingerprint density at radius 1 is 1.09 bits per heavy atom. The van der Waals surface area contributed by atoms with Gasteiger partial charge >= 0.3 is 0 Å². The SMILES string of the molecule is CCCCN(CC)S(=O)(=O)c1ccc2[nH]c(=O)cc(C(=O)NCc3ccccc3OCC)c2c1. The van der Waals surface area contributed by atoms with Gasteiger partial charge in [0.2, 0.25) is 15.6 Å². The summed E-state index contributed by atoms with van der Waals surface area (Å²) in [5, 5.41) is 3.19. The summed E-state index contributed by atoms with van der Waals surface area (Å²) in [4.78, 5) is 28.0. The first-order valence-electron chi connectivity index (χ1n) is 11.5. The molecule has 1 aromatic heterocycles. The van der Waals surface area contributed by atoms with Gasteiger partial charge in [-0.2, -0.15) is 4.31 Å². The topological polar surface area (TPSA) is 109 Å². The molecule has 2 N–H and O–H groups in total. The molecule has 3 aromatic rings. The van der Waals surface area contributed by atoms with Gasteiger partial charge in [-0.3, -0.25) is 9.59 Å². The monoisotopic (exact) mass is 485 g/mol. The molecular weight excluding hydrogens is 454 g/mol. The van der Waals surface area contributed by atoms with E-state index in [0.717, 1.165) is 18.4 Å². The van der Waals surface area contributed by atoms with Crippen molar-refractivity contribution < 1.29 is 17.9 Å². The maximum atomic E-state index is 13.2. The van der Waals surface area contributed by atoms with Crippen molar-refractivity contribution in [2.24, 2.45) is 0 Å². The fourth-order valence-corrected chi connectivity index (χ4v) is 5.24. The minimum Gasteiger partial charge on any atom is -0.494 e. The van der Waals surface area contributed by atoms with E-state index < -0.39 is 21.5 Å². The third kappa shape index (κ3) is 5.66. The van der Waals surface area contributed by atoms with E-state index in [1.54, 1.807) is 6.92 Å². The first-order chi connectivity index (χ1) is 16.3. The Morgan fingerprint density at radius 2 is 1.85 bits per heavy atom. The Kier molecular flexibility index (Phi) is 8.46. The van der Waals surface area contributed by atoms with Crippen molar-refractivity contribution in [3.05, 3.63) is 70.0 Å². The Hall–Kier alpha value is -3.17. The number of carbonyl (C=O) groups is 1. The number of fused-ring (bicyclic) bond motifs is 1. The van der Waals surface area contributed by atoms with E-state index in [0.29, 0.717) is 36.3 Å². The van der Waals surface area contributed by atoms with E-state index in [2.05, 4.69) is 10.3 Å². The van der Waals surface area contributed by atoms with Crippen LogP contribution < -0.4 is 15.6 Å². The average molecular weight is 486 g/mol. The van der Waals surface area contributed by atoms with E-state index >= 15 is 0 Å². The summed E-state index contributed by atoms with van der Waals surface area (Å²) >= 11 is 0. The third-order valence-electron chi connectivity index (χ3n) is 5.52. The predicted molar refractivity (Wildman–Crippen MR) is 133 cm³/mol. The molecule has 34 heavy (non-hydrogen) atoms. The zero-order valence-corrected chi connectivity index (χ0v) is 20.6. The van der Waals surface area contributed by atoms with Gasteiger partial charge in [0.25, 0.3) is 5.91 Å². The molecule has 8 nitrogen and oxygen atoms in total. The van der Waals surface area contributed by atoms with Crippen LogP contribution in [0.4, 0.5) is 0 Å². The van der Waals surface area contributed by atoms with Crippen molar-refractivity contribution in [1.82, 2.24) is 14.6 Å². The summed E-state index contributed by atoms with van der Waals surface area (Å²) in [5.41, 5.74) is 0.856. The molecule has 0 saturated carbocycles. The number of para-hydroxylation sites is 1. The molecule has 182 valence electrons. The highest BCUT2D eigenvalue weighted by Crippen LogP contribution is 2.24. The van der Waals surface area contributed by atoms with Crippen LogP contribution in [0, 0.1) is 0 Å². The molecule has 3 rings (SSSR count). The van der Waals surface area contributed by atoms with Crippen LogP contribution in [0.3, 0.4) is 0 Å². The van der Waals surface area contributed by atoms with Crippen LogP contribution in [0.5, 0.6) is 5.75 Å². The van der Waals surface area contributed by atoms with Crippen LogP contribution in [0.25, 0.3) is 10.9 Å². The second-order valence-corrected chi connectivity index (χ2v) is 9.77. The highest BCUT2D eigenvalue weighted by Gasteiger charge is 2.24. The second-order valence-electron chi connectivity index (χ2n) is 7.83. The Bertz CT molecular complexity index is 1320. The normalized spacial score (nSPS) is 11.6. The van der Waals surface area contributed by atoms with Crippen molar-refractivity contribution in [2.45, 2.75) is 45.1 Å². The van der Waals surface area contributed by atoms with Gasteiger partial charge in [0.05, 0.1) is 17.1 Å². The minimum absolute atomic E-state index is 0.0840. The quantitative estimate of drug-likeness (QED) is 0.431. The van der Waals surface area contributed by atoms with Crippen molar-refractivity contribution in [3.63, 3.8) is 0 Å². The van der Waals surface area contributed by atoms with Gasteiger partial charge in [0.15, 0.2) is 0 Å². The maximum absolute atomic E-state index is 13.2. The number of rotatable bonds is 11. The molecular formula is C25H31N3O5S. The van der Waals surface area contributed by atoms with Crippen LogP contribution in [0.1, 0.15) is 49.5 Å². The molecule has 0 aliphatic heterocycles. The molecule has 2 aromatic carbocycles. The Balaban J connectivity index is 1.96. The molecule has 1 amide bonds. The number of unbranched alkanes of at least 4 members (excludes halogenated alkanes) is 1. The van der Waals surface area contributed by atoms with E-state index in [1.165, 1.54) is 28.6 Å². The first-order valence-corrected chi connectivity index (χ1v) is 12.9. The molecule has 0 fully saturated rings. The molecule has 0 atom stereocenters. The van der Waals surface area contributed by atoms with Gasteiger partial charge in [-0.15, -0.1) is 0 Å². The van der Waals surface area contributed by atoms with Crippen LogP contribution in [0.15, 0.2) is 58.2 Å². The summed E-state index contributed by atoms with van der Waals surface area (Å²) in [5.74, 6) is 0.191. The first kappa shape index (κ1) is 25.5. The number of sulfonamides is 1. The maximum Gasteiger partial charge on any atom is 0.252 e. The molecule has 0 unspecified atom stereocenters. The largest absolute Gasteiger partial charge is 0.494 e. The van der Waals surface area contributed by atoms with Crippen molar-refractivity contribution >= 4 is 26.8 Å². The van der Waals surface area contributed by atoms with Crippen molar-refractivity contribution in [3.8, 4) is 5.75 Å². The number of carbonyl (C=O) groups excluding carboxylic acids is 1. The van der Waals surface area contributed by atoms with Crippen LogP contribution in [0.2, 0.25) is 0 Å². The number of nitrogens with one attached hydrogen (secondary N) is 2. The standard InChI is InChI=1S/C25H31N3O5S/c1-4-7-14-28(5-2)34(31,32)19-12-13-22-20(15-19)21(16-24(29)27-22)25(30)26-17-18-10-8-9-11-23(18)33-6-3/h8-13,15-16H,4-7,14,17H2,1-3H3,(H,26,30)(H,27,29). The number of nitrogens with zero attached hydrogens (tertiary/aromatic N) is 1. The van der Waals surface area contributed by atoms with Gasteiger partial charge in [0.1, 0.15) is 5.75 Å². The van der Waals surface area contributed by atoms with E-state index in [9.17, 15) is 18.0 Å². The summed E-state index contributed by atoms with van der Waals surface area (Å²) < 4.78 is 33.4. The van der Waals surface area contributed by atoms with Crippen molar-refractivity contribution in [1.29, 1.82) is 0 Å². The molecule has 0 radical (unpaired) electrons. The number of hydrogen-bond acceptors (Lipinski definition) is 5. The number of hydrogen-bond donors (Lipinski definition) is 2. The van der Waals surface area contributed by atoms with Crippen molar-refractivity contribution in [2.75, 3.05) is 19.7 Å². The fourth-order valence-electron chi connectivity index (χ4n) is 3.73. The highest BCUT2D eigenvalue weighted by atomic mass is 32.2. The predicted octanol–water partition coefficient (Wildman–Crippen LogP) is 3.67. The molecule has 9 heteroatoms. The molecule has 0 aliphatic carbocycles. The zero-order valence-electron chi connectivity index (χ0n) is 19.8. The van der Waals surface area contributed by atoms with Gasteiger partial charge in [-0.25, -0.2) is 8.42 Å². The summed E-state index contributed by atoms with van der Waals surface area (Å²) in [6.45, 7) is 7.14. The lowest BCUT2D eigenvalue weighted by atomic mass is 10.1. The smallest absolute Gasteiger partial charge is 0.252 e. The highest BCUT2D eigenvalue weighted by molar-refractivity contribution is 7.89. The number of pyridine rings is 1. The lowest BCUT2D eigenvalue weighted by molar-refractivity contribution is 0.0952.